The van der Waals surface area contributed by atoms with Crippen LogP contribution < -0.4 is 59.7 Å². The number of benzene rings is 1. The Morgan fingerprint density at radius 1 is 0.514 bits per heavy atom. The lowest BCUT2D eigenvalue weighted by atomic mass is 9.96. The van der Waals surface area contributed by atoms with Crippen molar-refractivity contribution in [1.82, 2.24) is 42.5 Å². The van der Waals surface area contributed by atoms with Crippen LogP contribution in [-0.2, 0) is 59.2 Å². The molecule has 0 saturated carbocycles. The van der Waals surface area contributed by atoms with Crippen LogP contribution in [0.25, 0.3) is 0 Å². The molecule has 416 valence electrons. The number of carboxylic acid groups (broad SMARTS) is 1. The van der Waals surface area contributed by atoms with Crippen molar-refractivity contribution in [1.29, 1.82) is 0 Å². The molecule has 18 N–H and O–H groups in total. The van der Waals surface area contributed by atoms with Gasteiger partial charge in [0, 0.05) is 12.8 Å². The number of aliphatic hydroxyl groups excluding tert-OH is 2. The third-order valence-electron chi connectivity index (χ3n) is 11.9. The first-order chi connectivity index (χ1) is 34.3. The Hall–Kier alpha value is -6.93. The third kappa shape index (κ3) is 22.0. The topological polar surface area (TPSA) is 443 Å². The van der Waals surface area contributed by atoms with Gasteiger partial charge in [0.1, 0.15) is 60.1 Å². The highest BCUT2D eigenvalue weighted by Crippen LogP contribution is 2.15. The Labute approximate surface area is 430 Å². The minimum absolute atomic E-state index is 0.0864. The zero-order valence-corrected chi connectivity index (χ0v) is 43.7. The summed E-state index contributed by atoms with van der Waals surface area (Å²) in [6.07, 6.45) is -4.45. The Morgan fingerprint density at radius 2 is 0.946 bits per heavy atom. The average Bonchev–Trinajstić information content (AvgIpc) is 3.30. The van der Waals surface area contributed by atoms with Gasteiger partial charge in [0.15, 0.2) is 0 Å². The van der Waals surface area contributed by atoms with E-state index >= 15 is 0 Å². The van der Waals surface area contributed by atoms with Crippen LogP contribution in [0.3, 0.4) is 0 Å². The lowest BCUT2D eigenvalue weighted by Gasteiger charge is -2.30. The van der Waals surface area contributed by atoms with Crippen LogP contribution >= 0.6 is 0 Å². The van der Waals surface area contributed by atoms with Gasteiger partial charge in [-0.15, -0.1) is 0 Å². The SMILES string of the molecule is CC[C@H](C)[C@H](NC(=O)[C@@H](N)[C@@H](C)O)C(=O)N[C@@H](CCC(N)=O)C(=O)N[C@@H](CC(C)C)C(=O)N[C@@H](CC(N)=O)C(=O)N[C@H](C(=O)N[C@H](C(=O)N[C@@H](Cc1ccc(O)cc1)C(=O)N[C@H](C(=O)O)C(C)C)[C@@H](C)O)C(C)C. The lowest BCUT2D eigenvalue weighted by molar-refractivity contribution is -0.143. The first-order valence-corrected chi connectivity index (χ1v) is 24.4. The molecule has 0 spiro atoms. The van der Waals surface area contributed by atoms with Crippen LogP contribution in [0.4, 0.5) is 0 Å². The predicted octanol–water partition coefficient (Wildman–Crippen LogP) is -3.47. The number of amides is 10. The highest BCUT2D eigenvalue weighted by Gasteiger charge is 2.38. The summed E-state index contributed by atoms with van der Waals surface area (Å²) in [6.45, 7) is 15.3. The van der Waals surface area contributed by atoms with Crippen molar-refractivity contribution in [2.45, 2.75) is 174 Å². The van der Waals surface area contributed by atoms with Crippen LogP contribution in [0.1, 0.15) is 107 Å². The second kappa shape index (κ2) is 31.0. The molecule has 12 atom stereocenters. The zero-order chi connectivity index (χ0) is 56.9. The Balaban J connectivity index is 3.48. The Bertz CT molecular complexity index is 2120. The molecule has 0 aliphatic heterocycles. The number of phenolic OH excluding ortho intramolecular Hbond substituents is 1. The van der Waals surface area contributed by atoms with Gasteiger partial charge < -0.3 is 80.2 Å². The molecule has 0 unspecified atom stereocenters. The molecular weight excluding hydrogens is 971 g/mol. The van der Waals surface area contributed by atoms with E-state index in [4.69, 9.17) is 17.2 Å². The number of phenols is 1. The van der Waals surface area contributed by atoms with Crippen molar-refractivity contribution >= 4 is 65.0 Å². The molecule has 0 aromatic heterocycles. The zero-order valence-electron chi connectivity index (χ0n) is 43.7. The van der Waals surface area contributed by atoms with Gasteiger partial charge in [-0.05, 0) is 68.1 Å². The van der Waals surface area contributed by atoms with Crippen molar-refractivity contribution in [3.63, 3.8) is 0 Å². The van der Waals surface area contributed by atoms with E-state index in [1.54, 1.807) is 41.5 Å². The quantitative estimate of drug-likeness (QED) is 0.0333. The van der Waals surface area contributed by atoms with E-state index in [0.717, 1.165) is 6.92 Å². The monoisotopic (exact) mass is 1050 g/mol. The number of aromatic hydroxyl groups is 1. The third-order valence-corrected chi connectivity index (χ3v) is 11.9. The van der Waals surface area contributed by atoms with Gasteiger partial charge in [-0.3, -0.25) is 47.9 Å². The normalized spacial score (nSPS) is 16.2. The molecule has 0 heterocycles. The number of nitrogens with two attached hydrogens (primary N) is 3. The molecule has 0 saturated heterocycles. The van der Waals surface area contributed by atoms with Gasteiger partial charge in [-0.25, -0.2) is 4.79 Å². The van der Waals surface area contributed by atoms with Gasteiger partial charge in [-0.1, -0.05) is 73.9 Å². The van der Waals surface area contributed by atoms with E-state index in [9.17, 15) is 73.2 Å². The van der Waals surface area contributed by atoms with Crippen molar-refractivity contribution in [2.75, 3.05) is 0 Å². The number of carbonyl (C=O) groups is 11. The predicted molar refractivity (Wildman–Crippen MR) is 267 cm³/mol. The summed E-state index contributed by atoms with van der Waals surface area (Å²) in [4.78, 5) is 146. The van der Waals surface area contributed by atoms with Crippen molar-refractivity contribution in [3.05, 3.63) is 29.8 Å². The van der Waals surface area contributed by atoms with Gasteiger partial charge in [0.2, 0.25) is 59.1 Å². The molecule has 74 heavy (non-hydrogen) atoms. The second-order valence-corrected chi connectivity index (χ2v) is 19.6. The van der Waals surface area contributed by atoms with Gasteiger partial charge >= 0.3 is 5.97 Å². The van der Waals surface area contributed by atoms with E-state index < -0.39 is 162 Å². The smallest absolute Gasteiger partial charge is 0.326 e. The maximum Gasteiger partial charge on any atom is 0.326 e. The number of hydrogen-bond donors (Lipinski definition) is 15. The van der Waals surface area contributed by atoms with Gasteiger partial charge in [0.05, 0.1) is 18.6 Å². The lowest BCUT2D eigenvalue weighted by Crippen LogP contribution is -2.63. The van der Waals surface area contributed by atoms with Crippen LogP contribution in [0.15, 0.2) is 24.3 Å². The van der Waals surface area contributed by atoms with Crippen LogP contribution in [0.2, 0.25) is 0 Å². The highest BCUT2D eigenvalue weighted by molar-refractivity contribution is 5.99. The fourth-order valence-corrected chi connectivity index (χ4v) is 7.19. The number of aliphatic hydroxyl groups is 2. The molecule has 0 bridgehead atoms. The van der Waals surface area contributed by atoms with Crippen LogP contribution in [0.5, 0.6) is 5.75 Å². The number of carbonyl (C=O) groups excluding carboxylic acids is 10. The molecule has 1 aromatic rings. The van der Waals surface area contributed by atoms with Gasteiger partial charge in [0.25, 0.3) is 0 Å². The minimum atomic E-state index is -1.79. The number of aliphatic carboxylic acids is 1. The Morgan fingerprint density at radius 3 is 1.42 bits per heavy atom. The van der Waals surface area contributed by atoms with E-state index in [0.29, 0.717) is 12.0 Å². The summed E-state index contributed by atoms with van der Waals surface area (Å²) in [7, 11) is 0. The van der Waals surface area contributed by atoms with Gasteiger partial charge in [-0.2, -0.15) is 0 Å². The van der Waals surface area contributed by atoms with E-state index in [1.807, 2.05) is 0 Å². The fourth-order valence-electron chi connectivity index (χ4n) is 7.19. The van der Waals surface area contributed by atoms with E-state index in [-0.39, 0.29) is 30.9 Å². The number of primary amides is 2. The fraction of sp³-hybridized carbons (Fsp3) is 0.646. The summed E-state index contributed by atoms with van der Waals surface area (Å²) >= 11 is 0. The maximum absolute atomic E-state index is 14.0. The first-order valence-electron chi connectivity index (χ1n) is 24.4. The maximum atomic E-state index is 14.0. The Kier molecular flexibility index (Phi) is 27.2. The molecule has 10 amide bonds. The van der Waals surface area contributed by atoms with Crippen LogP contribution in [-0.4, -0.2) is 152 Å². The molecule has 0 aliphatic carbocycles. The average molecular weight is 1050 g/mol. The molecule has 26 nitrogen and oxygen atoms in total. The standard InChI is InChI=1S/C48H79N11O15/c1-11-24(8)38(58-44(69)35(51)25(9)60)46(71)52-29(16-17-33(49)63)40(65)53-30(18-21(2)3)41(66)54-32(20-34(50)64)43(68)56-36(22(4)5)45(70)59-39(26(10)61)47(72)55-31(19-27-12-14-28(62)15-13-27)42(67)57-37(23(6)7)48(73)74/h12-15,21-26,29-32,35-39,60-62H,11,16-20,51H2,1-10H3,(H2,49,63)(H2,50,64)(H,52,71)(H,53,65)(H,54,66)(H,55,72)(H,56,68)(H,57,67)(H,58,69)(H,59,70)(H,73,74)/t24-,25+,26+,29-,30-,31-,32-,35-,36-,37-,38-,39-/m0/s1. The minimum Gasteiger partial charge on any atom is -0.508 e. The largest absolute Gasteiger partial charge is 0.508 e. The molecule has 26 heteroatoms. The van der Waals surface area contributed by atoms with Crippen molar-refractivity contribution in [3.8, 4) is 5.75 Å². The number of hydrogen-bond acceptors (Lipinski definition) is 15. The summed E-state index contributed by atoms with van der Waals surface area (Å²) < 4.78 is 0. The number of carboxylic acids is 1. The van der Waals surface area contributed by atoms with Crippen molar-refractivity contribution < 1.29 is 73.2 Å². The highest BCUT2D eigenvalue weighted by atomic mass is 16.4. The number of nitrogens with one attached hydrogen (secondary N) is 8. The molecule has 1 aromatic carbocycles. The molecule has 1 rings (SSSR count). The summed E-state index contributed by atoms with van der Waals surface area (Å²) in [6, 6.07) is -8.04. The van der Waals surface area contributed by atoms with E-state index in [1.165, 1.54) is 45.0 Å². The molecule has 0 aliphatic rings. The van der Waals surface area contributed by atoms with Crippen molar-refractivity contribution in [2.24, 2.45) is 40.9 Å². The summed E-state index contributed by atoms with van der Waals surface area (Å²) in [5, 5.41) is 59.5. The first kappa shape index (κ1) is 65.1. The molecule has 0 fully saturated rings. The van der Waals surface area contributed by atoms with E-state index in [2.05, 4.69) is 42.5 Å². The summed E-state index contributed by atoms with van der Waals surface area (Å²) in [5.41, 5.74) is 17.0. The second-order valence-electron chi connectivity index (χ2n) is 19.6. The molecule has 0 radical (unpaired) electrons. The van der Waals surface area contributed by atoms with Crippen LogP contribution in [0, 0.1) is 23.7 Å². The number of rotatable bonds is 32. The molecular formula is C48H79N11O15. The summed E-state index contributed by atoms with van der Waals surface area (Å²) in [5.74, 6) is -13.4.